The zero-order chi connectivity index (χ0) is 15.5. The molecule has 1 aromatic heterocycles. The van der Waals surface area contributed by atoms with Gasteiger partial charge in [-0.3, -0.25) is 0 Å². The Morgan fingerprint density at radius 2 is 1.86 bits per heavy atom. The third-order valence-electron chi connectivity index (χ3n) is 3.00. The van der Waals surface area contributed by atoms with Crippen LogP contribution in [0.3, 0.4) is 0 Å². The van der Waals surface area contributed by atoms with Crippen LogP contribution >= 0.6 is 0 Å². The molecule has 1 aromatic carbocycles. The van der Waals surface area contributed by atoms with Gasteiger partial charge in [0.1, 0.15) is 0 Å². The fraction of sp³-hybridized carbons (Fsp3) is 0.429. The van der Waals surface area contributed by atoms with Crippen LogP contribution in [0.4, 0.5) is 13.2 Å². The highest BCUT2D eigenvalue weighted by molar-refractivity contribution is 5.26. The normalized spacial score (nSPS) is 13.4. The van der Waals surface area contributed by atoms with Crippen LogP contribution in [0.5, 0.6) is 0 Å². The maximum Gasteiger partial charge on any atom is 0.416 e. The first kappa shape index (κ1) is 15.5. The topological polar surface area (TPSA) is 51.0 Å². The molecule has 2 aromatic rings. The second kappa shape index (κ2) is 6.26. The van der Waals surface area contributed by atoms with Gasteiger partial charge in [0.25, 0.3) is 0 Å². The maximum absolute atomic E-state index is 12.5. The monoisotopic (exact) mass is 299 g/mol. The van der Waals surface area contributed by atoms with Crippen LogP contribution in [0.2, 0.25) is 0 Å². The molecule has 2 rings (SSSR count). The van der Waals surface area contributed by atoms with E-state index in [0.717, 1.165) is 18.7 Å². The van der Waals surface area contributed by atoms with E-state index in [9.17, 15) is 13.2 Å². The molecule has 114 valence electrons. The van der Waals surface area contributed by atoms with Gasteiger partial charge in [-0.2, -0.15) is 13.2 Å². The van der Waals surface area contributed by atoms with Crippen LogP contribution in [0, 0.1) is 0 Å². The second-order valence-electron chi connectivity index (χ2n) is 4.68. The van der Waals surface area contributed by atoms with Gasteiger partial charge in [-0.1, -0.05) is 19.1 Å². The van der Waals surface area contributed by atoms with Crippen LogP contribution in [0.15, 0.2) is 28.7 Å². The van der Waals surface area contributed by atoms with Gasteiger partial charge in [0, 0.05) is 0 Å². The lowest BCUT2D eigenvalue weighted by molar-refractivity contribution is -0.137. The fourth-order valence-electron chi connectivity index (χ4n) is 1.89. The molecule has 7 heteroatoms. The summed E-state index contributed by atoms with van der Waals surface area (Å²) in [5.74, 6) is 0.855. The Kier molecular flexibility index (Phi) is 4.62. The quantitative estimate of drug-likeness (QED) is 0.920. The van der Waals surface area contributed by atoms with E-state index < -0.39 is 11.7 Å². The van der Waals surface area contributed by atoms with Crippen molar-refractivity contribution in [3.63, 3.8) is 0 Å². The number of alkyl halides is 3. The number of rotatable bonds is 5. The molecule has 0 spiro atoms. The van der Waals surface area contributed by atoms with Crippen molar-refractivity contribution in [3.8, 4) is 0 Å². The molecule has 0 aliphatic rings. The highest BCUT2D eigenvalue weighted by atomic mass is 19.4. The van der Waals surface area contributed by atoms with Crippen molar-refractivity contribution in [2.45, 2.75) is 32.5 Å². The lowest BCUT2D eigenvalue weighted by Crippen LogP contribution is -2.17. The number of aromatic nitrogens is 2. The second-order valence-corrected chi connectivity index (χ2v) is 4.68. The number of hydrogen-bond acceptors (Lipinski definition) is 4. The summed E-state index contributed by atoms with van der Waals surface area (Å²) < 4.78 is 42.9. The van der Waals surface area contributed by atoms with Gasteiger partial charge in [-0.05, 0) is 31.2 Å². The molecule has 0 saturated carbocycles. The van der Waals surface area contributed by atoms with Crippen molar-refractivity contribution < 1.29 is 17.6 Å². The molecule has 0 saturated heterocycles. The summed E-state index contributed by atoms with van der Waals surface area (Å²) >= 11 is 0. The Bertz CT molecular complexity index is 578. The van der Waals surface area contributed by atoms with Gasteiger partial charge >= 0.3 is 6.18 Å². The van der Waals surface area contributed by atoms with Gasteiger partial charge in [0.05, 0.1) is 18.0 Å². The Hall–Kier alpha value is -1.89. The fourth-order valence-corrected chi connectivity index (χ4v) is 1.89. The van der Waals surface area contributed by atoms with E-state index in [2.05, 4.69) is 15.5 Å². The molecule has 0 aliphatic carbocycles. The Morgan fingerprint density at radius 1 is 1.19 bits per heavy atom. The van der Waals surface area contributed by atoms with Crippen LogP contribution in [0.25, 0.3) is 0 Å². The van der Waals surface area contributed by atoms with Crippen molar-refractivity contribution >= 4 is 0 Å². The SMILES string of the molecule is CCNC(C)c1nnc(Cc2ccc(C(F)(F)F)cc2)o1. The Labute approximate surface area is 120 Å². The van der Waals surface area contributed by atoms with Crippen molar-refractivity contribution in [3.05, 3.63) is 47.2 Å². The van der Waals surface area contributed by atoms with E-state index in [0.29, 0.717) is 23.8 Å². The van der Waals surface area contributed by atoms with E-state index in [1.165, 1.54) is 12.1 Å². The molecule has 0 radical (unpaired) electrons. The van der Waals surface area contributed by atoms with Crippen LogP contribution in [-0.2, 0) is 12.6 Å². The number of nitrogens with zero attached hydrogens (tertiary/aromatic N) is 2. The molecule has 0 bridgehead atoms. The first-order valence-corrected chi connectivity index (χ1v) is 6.62. The van der Waals surface area contributed by atoms with Gasteiger partial charge < -0.3 is 9.73 Å². The molecule has 4 nitrogen and oxygen atoms in total. The smallest absolute Gasteiger partial charge is 0.416 e. The molecule has 1 heterocycles. The molecule has 1 N–H and O–H groups in total. The zero-order valence-electron chi connectivity index (χ0n) is 11.7. The van der Waals surface area contributed by atoms with Gasteiger partial charge in [-0.25, -0.2) is 0 Å². The molecule has 0 aliphatic heterocycles. The first-order valence-electron chi connectivity index (χ1n) is 6.62. The molecule has 0 amide bonds. The molecular weight excluding hydrogens is 283 g/mol. The van der Waals surface area contributed by atoms with E-state index in [-0.39, 0.29) is 6.04 Å². The summed E-state index contributed by atoms with van der Waals surface area (Å²) in [5, 5.41) is 11.0. The maximum atomic E-state index is 12.5. The molecular formula is C14H16F3N3O. The minimum absolute atomic E-state index is 0.0520. The number of halogens is 3. The summed E-state index contributed by atoms with van der Waals surface area (Å²) in [6.45, 7) is 4.65. The van der Waals surface area contributed by atoms with Gasteiger partial charge in [0.2, 0.25) is 11.8 Å². The Morgan fingerprint density at radius 3 is 2.43 bits per heavy atom. The standard InChI is InChI=1S/C14H16F3N3O/c1-3-18-9(2)13-20-19-12(21-13)8-10-4-6-11(7-5-10)14(15,16)17/h4-7,9,18H,3,8H2,1-2H3. The summed E-state index contributed by atoms with van der Waals surface area (Å²) in [6.07, 6.45) is -4.01. The molecule has 1 unspecified atom stereocenters. The van der Waals surface area contributed by atoms with Gasteiger partial charge in [0.15, 0.2) is 0 Å². The minimum Gasteiger partial charge on any atom is -0.423 e. The molecule has 0 fully saturated rings. The van der Waals surface area contributed by atoms with Crippen molar-refractivity contribution in [1.82, 2.24) is 15.5 Å². The largest absolute Gasteiger partial charge is 0.423 e. The van der Waals surface area contributed by atoms with E-state index in [1.807, 2.05) is 13.8 Å². The van der Waals surface area contributed by atoms with Crippen LogP contribution in [0.1, 0.15) is 42.8 Å². The highest BCUT2D eigenvalue weighted by Gasteiger charge is 2.29. The van der Waals surface area contributed by atoms with Crippen molar-refractivity contribution in [1.29, 1.82) is 0 Å². The Balaban J connectivity index is 2.05. The highest BCUT2D eigenvalue weighted by Crippen LogP contribution is 2.29. The third kappa shape index (κ3) is 4.04. The zero-order valence-corrected chi connectivity index (χ0v) is 11.7. The van der Waals surface area contributed by atoms with E-state index in [4.69, 9.17) is 4.42 Å². The minimum atomic E-state index is -4.32. The predicted molar refractivity (Wildman–Crippen MR) is 70.6 cm³/mol. The summed E-state index contributed by atoms with van der Waals surface area (Å²) in [4.78, 5) is 0. The summed E-state index contributed by atoms with van der Waals surface area (Å²) in [5.41, 5.74) is 0.0209. The lowest BCUT2D eigenvalue weighted by atomic mass is 10.1. The average Bonchev–Trinajstić information content (AvgIpc) is 2.87. The van der Waals surface area contributed by atoms with Gasteiger partial charge in [-0.15, -0.1) is 10.2 Å². The third-order valence-corrected chi connectivity index (χ3v) is 3.00. The van der Waals surface area contributed by atoms with E-state index in [1.54, 1.807) is 0 Å². The van der Waals surface area contributed by atoms with Crippen molar-refractivity contribution in [2.24, 2.45) is 0 Å². The van der Waals surface area contributed by atoms with E-state index >= 15 is 0 Å². The van der Waals surface area contributed by atoms with Crippen molar-refractivity contribution in [2.75, 3.05) is 6.54 Å². The number of nitrogens with one attached hydrogen (secondary N) is 1. The summed E-state index contributed by atoms with van der Waals surface area (Å²) in [7, 11) is 0. The predicted octanol–water partition coefficient (Wildman–Crippen LogP) is 3.35. The first-order chi connectivity index (χ1) is 9.90. The number of benzene rings is 1. The molecule has 1 atom stereocenters. The average molecular weight is 299 g/mol. The van der Waals surface area contributed by atoms with Crippen LogP contribution < -0.4 is 5.32 Å². The number of hydrogen-bond donors (Lipinski definition) is 1. The summed E-state index contributed by atoms with van der Waals surface area (Å²) in [6, 6.07) is 4.88. The molecule has 21 heavy (non-hydrogen) atoms. The van der Waals surface area contributed by atoms with Crippen LogP contribution in [-0.4, -0.2) is 16.7 Å². The lowest BCUT2D eigenvalue weighted by Gasteiger charge is -2.07.